The Balaban J connectivity index is 2.78. The van der Waals surface area contributed by atoms with Crippen LogP contribution in [0.2, 0.25) is 0 Å². The second-order valence-corrected chi connectivity index (χ2v) is 6.40. The number of hydrogen-bond acceptors (Lipinski definition) is 4. The average molecular weight is 326 g/mol. The minimum atomic E-state index is -3.63. The van der Waals surface area contributed by atoms with E-state index >= 15 is 0 Å². The van der Waals surface area contributed by atoms with Crippen molar-refractivity contribution in [1.29, 1.82) is 0 Å². The van der Waals surface area contributed by atoms with Crippen LogP contribution in [0.4, 0.5) is 0 Å². The van der Waals surface area contributed by atoms with E-state index in [1.165, 1.54) is 30.3 Å². The highest BCUT2D eigenvalue weighted by molar-refractivity contribution is 7.89. The molecule has 1 aromatic rings. The van der Waals surface area contributed by atoms with Gasteiger partial charge in [0.15, 0.2) is 0 Å². The molecule has 22 heavy (non-hydrogen) atoms. The van der Waals surface area contributed by atoms with Crippen LogP contribution in [0.5, 0.6) is 0 Å². The number of rotatable bonds is 8. The SMILES string of the molecule is C=CCNS(=O)(=O)c1ccc(C(=O)NC(C)CC(=O)O)cc1. The van der Waals surface area contributed by atoms with E-state index in [-0.39, 0.29) is 23.4 Å². The minimum Gasteiger partial charge on any atom is -0.481 e. The van der Waals surface area contributed by atoms with E-state index in [0.29, 0.717) is 0 Å². The van der Waals surface area contributed by atoms with Crippen LogP contribution < -0.4 is 10.0 Å². The highest BCUT2D eigenvalue weighted by Crippen LogP contribution is 2.10. The molecule has 0 saturated carbocycles. The molecule has 1 unspecified atom stereocenters. The van der Waals surface area contributed by atoms with E-state index in [4.69, 9.17) is 5.11 Å². The van der Waals surface area contributed by atoms with E-state index < -0.39 is 27.9 Å². The molecule has 0 bridgehead atoms. The Bertz CT molecular complexity index is 652. The molecule has 0 saturated heterocycles. The fourth-order valence-electron chi connectivity index (χ4n) is 1.66. The van der Waals surface area contributed by atoms with Crippen molar-refractivity contribution in [3.8, 4) is 0 Å². The van der Waals surface area contributed by atoms with Gasteiger partial charge in [0.05, 0.1) is 11.3 Å². The summed E-state index contributed by atoms with van der Waals surface area (Å²) in [7, 11) is -3.63. The molecule has 1 rings (SSSR count). The van der Waals surface area contributed by atoms with Crippen LogP contribution in [0.3, 0.4) is 0 Å². The van der Waals surface area contributed by atoms with Gasteiger partial charge in [-0.3, -0.25) is 9.59 Å². The molecular formula is C14H18N2O5S. The Hall–Kier alpha value is -2.19. The van der Waals surface area contributed by atoms with E-state index in [2.05, 4.69) is 16.6 Å². The molecule has 0 aliphatic carbocycles. The van der Waals surface area contributed by atoms with Crippen molar-refractivity contribution in [2.75, 3.05) is 6.54 Å². The van der Waals surface area contributed by atoms with E-state index in [1.807, 2.05) is 0 Å². The van der Waals surface area contributed by atoms with Gasteiger partial charge in [0, 0.05) is 18.2 Å². The van der Waals surface area contributed by atoms with Crippen molar-refractivity contribution in [3.63, 3.8) is 0 Å². The molecule has 0 fully saturated rings. The van der Waals surface area contributed by atoms with E-state index in [0.717, 1.165) is 0 Å². The lowest BCUT2D eigenvalue weighted by Gasteiger charge is -2.12. The smallest absolute Gasteiger partial charge is 0.305 e. The summed E-state index contributed by atoms with van der Waals surface area (Å²) in [5.41, 5.74) is 0.250. The molecule has 7 nitrogen and oxygen atoms in total. The number of hydrogen-bond donors (Lipinski definition) is 3. The lowest BCUT2D eigenvalue weighted by molar-refractivity contribution is -0.137. The number of sulfonamides is 1. The number of carboxylic acids is 1. The van der Waals surface area contributed by atoms with E-state index in [1.54, 1.807) is 6.92 Å². The third-order valence-electron chi connectivity index (χ3n) is 2.70. The van der Waals surface area contributed by atoms with Crippen LogP contribution >= 0.6 is 0 Å². The highest BCUT2D eigenvalue weighted by Gasteiger charge is 2.15. The Labute approximate surface area is 129 Å². The van der Waals surface area contributed by atoms with Gasteiger partial charge in [-0.25, -0.2) is 13.1 Å². The largest absolute Gasteiger partial charge is 0.481 e. The lowest BCUT2D eigenvalue weighted by Crippen LogP contribution is -2.34. The topological polar surface area (TPSA) is 113 Å². The molecule has 3 N–H and O–H groups in total. The molecule has 0 spiro atoms. The van der Waals surface area contributed by atoms with Gasteiger partial charge in [0.1, 0.15) is 0 Å². The van der Waals surface area contributed by atoms with Crippen molar-refractivity contribution in [3.05, 3.63) is 42.5 Å². The van der Waals surface area contributed by atoms with Crippen LogP contribution in [0, 0.1) is 0 Å². The fourth-order valence-corrected chi connectivity index (χ4v) is 2.66. The molecule has 0 aliphatic rings. The fraction of sp³-hybridized carbons (Fsp3) is 0.286. The third kappa shape index (κ3) is 5.30. The van der Waals surface area contributed by atoms with Gasteiger partial charge >= 0.3 is 5.97 Å². The molecule has 1 amide bonds. The van der Waals surface area contributed by atoms with Gasteiger partial charge in [-0.2, -0.15) is 0 Å². The first-order valence-electron chi connectivity index (χ1n) is 6.49. The maximum Gasteiger partial charge on any atom is 0.305 e. The lowest BCUT2D eigenvalue weighted by atomic mass is 10.2. The van der Waals surface area contributed by atoms with Crippen molar-refractivity contribution in [2.45, 2.75) is 24.3 Å². The normalized spacial score (nSPS) is 12.4. The third-order valence-corrected chi connectivity index (χ3v) is 4.14. The Morgan fingerprint density at radius 2 is 1.91 bits per heavy atom. The second-order valence-electron chi connectivity index (χ2n) is 4.64. The molecule has 0 heterocycles. The van der Waals surface area contributed by atoms with Crippen LogP contribution in [0.1, 0.15) is 23.7 Å². The molecule has 0 radical (unpaired) electrons. The van der Waals surface area contributed by atoms with Crippen LogP contribution in [-0.2, 0) is 14.8 Å². The predicted octanol–water partition coefficient (Wildman–Crippen LogP) is 0.744. The zero-order valence-corrected chi connectivity index (χ0v) is 12.9. The summed E-state index contributed by atoms with van der Waals surface area (Å²) in [5, 5.41) is 11.2. The summed E-state index contributed by atoms with van der Waals surface area (Å²) in [5.74, 6) is -1.47. The number of carbonyl (C=O) groups is 2. The summed E-state index contributed by atoms with van der Waals surface area (Å²) < 4.78 is 26.0. The van der Waals surface area contributed by atoms with Crippen LogP contribution in [0.25, 0.3) is 0 Å². The quantitative estimate of drug-likeness (QED) is 0.610. The summed E-state index contributed by atoms with van der Waals surface area (Å²) in [4.78, 5) is 22.5. The first-order chi connectivity index (χ1) is 10.3. The second kappa shape index (κ2) is 7.71. The van der Waals surface area contributed by atoms with Crippen LogP contribution in [-0.4, -0.2) is 38.0 Å². The molecule has 0 aliphatic heterocycles. The molecule has 1 aromatic carbocycles. The van der Waals surface area contributed by atoms with Crippen molar-refractivity contribution < 1.29 is 23.1 Å². The van der Waals surface area contributed by atoms with Gasteiger partial charge in [-0.15, -0.1) is 6.58 Å². The number of amides is 1. The zero-order chi connectivity index (χ0) is 16.8. The maximum atomic E-state index is 11.9. The molecule has 0 aromatic heterocycles. The molecular weight excluding hydrogens is 308 g/mol. The first kappa shape index (κ1) is 17.9. The predicted molar refractivity (Wildman–Crippen MR) is 81.0 cm³/mol. The van der Waals surface area contributed by atoms with Gasteiger partial charge < -0.3 is 10.4 Å². The number of nitrogens with one attached hydrogen (secondary N) is 2. The summed E-state index contributed by atoms with van der Waals surface area (Å²) in [6.45, 7) is 5.10. The Morgan fingerprint density at radius 1 is 1.32 bits per heavy atom. The highest BCUT2D eigenvalue weighted by atomic mass is 32.2. The summed E-state index contributed by atoms with van der Waals surface area (Å²) in [6.07, 6.45) is 1.23. The standard InChI is InChI=1S/C14H18N2O5S/c1-3-8-15-22(20,21)12-6-4-11(5-7-12)14(19)16-10(2)9-13(17)18/h3-7,10,15H,1,8-9H2,2H3,(H,16,19)(H,17,18). The average Bonchev–Trinajstić information content (AvgIpc) is 2.44. The van der Waals surface area contributed by atoms with Gasteiger partial charge in [-0.1, -0.05) is 6.08 Å². The first-order valence-corrected chi connectivity index (χ1v) is 7.98. The molecule has 1 atom stereocenters. The van der Waals surface area contributed by atoms with Crippen LogP contribution in [0.15, 0.2) is 41.8 Å². The van der Waals surface area contributed by atoms with Gasteiger partial charge in [0.2, 0.25) is 10.0 Å². The number of carboxylic acid groups (broad SMARTS) is 1. The van der Waals surface area contributed by atoms with Crippen molar-refractivity contribution >= 4 is 21.9 Å². The summed E-state index contributed by atoms with van der Waals surface area (Å²) >= 11 is 0. The van der Waals surface area contributed by atoms with Crippen molar-refractivity contribution in [1.82, 2.24) is 10.0 Å². The number of benzene rings is 1. The molecule has 120 valence electrons. The summed E-state index contributed by atoms with van der Waals surface area (Å²) in [6, 6.07) is 4.82. The van der Waals surface area contributed by atoms with Gasteiger partial charge in [-0.05, 0) is 31.2 Å². The van der Waals surface area contributed by atoms with Gasteiger partial charge in [0.25, 0.3) is 5.91 Å². The van der Waals surface area contributed by atoms with Crippen molar-refractivity contribution in [2.24, 2.45) is 0 Å². The Morgan fingerprint density at radius 3 is 2.41 bits per heavy atom. The monoisotopic (exact) mass is 326 g/mol. The minimum absolute atomic E-state index is 0.0319. The zero-order valence-electron chi connectivity index (χ0n) is 12.1. The number of aliphatic carboxylic acids is 1. The number of carbonyl (C=O) groups excluding carboxylic acids is 1. The van der Waals surface area contributed by atoms with E-state index in [9.17, 15) is 18.0 Å². The molecule has 8 heteroatoms. The Kier molecular flexibility index (Phi) is 6.26. The maximum absolute atomic E-state index is 11.9.